The van der Waals surface area contributed by atoms with Gasteiger partial charge in [-0.05, 0) is 77.0 Å². The number of terminal acetylenes is 1. The van der Waals surface area contributed by atoms with Crippen LogP contribution in [0.2, 0.25) is 0 Å². The number of hydrogen-bond donors (Lipinski definition) is 1. The molecule has 0 radical (unpaired) electrons. The summed E-state index contributed by atoms with van der Waals surface area (Å²) in [6.45, 7) is 17.4. The highest BCUT2D eigenvalue weighted by Crippen LogP contribution is 1.91. The maximum Gasteiger partial charge on any atom is 0.208 e. The van der Waals surface area contributed by atoms with Gasteiger partial charge in [0, 0.05) is 6.42 Å². The third-order valence-corrected chi connectivity index (χ3v) is 8.30. The third kappa shape index (κ3) is 67.8. The van der Waals surface area contributed by atoms with Crippen molar-refractivity contribution in [2.75, 3.05) is 258 Å². The van der Waals surface area contributed by atoms with Crippen LogP contribution in [0.1, 0.15) is 6.42 Å². The van der Waals surface area contributed by atoms with Gasteiger partial charge in [0.05, 0.1) is 258 Å². The van der Waals surface area contributed by atoms with Gasteiger partial charge in [0.1, 0.15) is 0 Å². The van der Waals surface area contributed by atoms with E-state index in [0.29, 0.717) is 244 Å². The number of Topliss-reactive ketones (excluding diaryl/α,β-unsaturated/α-hetero) is 1. The Bertz CT molecular complexity index is 1710. The second-order valence-corrected chi connectivity index (χ2v) is 14.2. The highest BCUT2D eigenvalue weighted by molar-refractivity contribution is 5.96. The highest BCUT2D eigenvalue weighted by Gasteiger charge is 2.00. The lowest BCUT2D eigenvalue weighted by Crippen LogP contribution is -2.16. The molecule has 0 saturated heterocycles. The fourth-order valence-electron chi connectivity index (χ4n) is 4.77. The first-order valence-corrected chi connectivity index (χ1v) is 25.4. The van der Waals surface area contributed by atoms with Crippen LogP contribution >= 0.6 is 0 Å². The van der Waals surface area contributed by atoms with Crippen LogP contribution in [-0.2, 0) is 94.8 Å². The van der Waals surface area contributed by atoms with E-state index in [1.165, 1.54) is 0 Å². The van der Waals surface area contributed by atoms with E-state index in [2.05, 4.69) is 77.0 Å². The first-order chi connectivity index (χ1) is 37.8. The molecule has 0 fully saturated rings. The molecule has 0 aromatic heterocycles. The van der Waals surface area contributed by atoms with Gasteiger partial charge < -0.3 is 95.1 Å². The fraction of sp³-hybridized carbons (Fsp3) is 0.727. The van der Waals surface area contributed by atoms with E-state index in [9.17, 15) is 4.79 Å². The van der Waals surface area contributed by atoms with E-state index in [1.807, 2.05) is 0 Å². The van der Waals surface area contributed by atoms with Crippen LogP contribution in [0.5, 0.6) is 0 Å². The SMILES string of the molecule is C#CC#CC#CC#CC#CC#CC#CC(=O)CCOCCOCCOCCOCCOCCOCCOCCOCCOCCOCCOCCOCCOCCOCCOCCOCCOCCOCCOCCO. The Kier molecular flexibility index (Phi) is 65.0. The Morgan fingerprint density at radius 2 is 0.395 bits per heavy atom. The number of ketones is 1. The zero-order valence-electron chi connectivity index (χ0n) is 44.5. The minimum Gasteiger partial charge on any atom is -0.394 e. The molecule has 1 N–H and O–H groups in total. The van der Waals surface area contributed by atoms with Crippen molar-refractivity contribution in [3.63, 3.8) is 0 Å². The van der Waals surface area contributed by atoms with Crippen LogP contribution in [-0.4, -0.2) is 269 Å². The summed E-state index contributed by atoms with van der Waals surface area (Å²) in [5.74, 6) is 31.2. The van der Waals surface area contributed by atoms with Crippen LogP contribution in [0.4, 0.5) is 0 Å². The van der Waals surface area contributed by atoms with Gasteiger partial charge in [-0.3, -0.25) is 4.79 Å². The quantitative estimate of drug-likeness (QED) is 0.0479. The number of rotatable bonds is 59. The average Bonchev–Trinajstić information content (AvgIpc) is 3.43. The van der Waals surface area contributed by atoms with E-state index >= 15 is 0 Å². The largest absolute Gasteiger partial charge is 0.394 e. The predicted molar refractivity (Wildman–Crippen MR) is 278 cm³/mol. The zero-order valence-corrected chi connectivity index (χ0v) is 44.5. The number of ether oxygens (including phenoxy) is 19. The number of carbonyl (C=O) groups excluding carboxylic acids is 1. The molecule has 0 amide bonds. The monoisotopic (exact) mass is 1080 g/mol. The molecule has 0 unspecified atom stereocenters. The minimum atomic E-state index is -0.286. The van der Waals surface area contributed by atoms with E-state index < -0.39 is 0 Å². The number of aliphatic hydroxyl groups is 1. The van der Waals surface area contributed by atoms with Crippen molar-refractivity contribution < 1.29 is 99.9 Å². The van der Waals surface area contributed by atoms with E-state index in [4.69, 9.17) is 102 Å². The maximum atomic E-state index is 11.7. The van der Waals surface area contributed by atoms with Crippen molar-refractivity contribution in [2.24, 2.45) is 0 Å². The van der Waals surface area contributed by atoms with Gasteiger partial charge in [-0.15, -0.1) is 6.42 Å². The molecule has 0 rings (SSSR count). The Labute approximate surface area is 452 Å². The summed E-state index contributed by atoms with van der Waals surface area (Å²) in [5.41, 5.74) is 0. The molecule has 0 aromatic rings. The summed E-state index contributed by atoms with van der Waals surface area (Å²) in [7, 11) is 0. The summed E-state index contributed by atoms with van der Waals surface area (Å²) in [6, 6.07) is 0. The molecule has 0 bridgehead atoms. The molecule has 0 heterocycles. The molecule has 0 spiro atoms. The summed E-state index contributed by atoms with van der Waals surface area (Å²) in [5, 5.41) is 8.61. The summed E-state index contributed by atoms with van der Waals surface area (Å²) < 4.78 is 104. The van der Waals surface area contributed by atoms with Crippen molar-refractivity contribution in [1.29, 1.82) is 0 Å². The Hall–Kier alpha value is -4.21. The van der Waals surface area contributed by atoms with Crippen molar-refractivity contribution >= 4 is 5.78 Å². The molecule has 21 heteroatoms. The lowest BCUT2D eigenvalue weighted by molar-refractivity contribution is -0.115. The van der Waals surface area contributed by atoms with Crippen LogP contribution < -0.4 is 0 Å². The number of aliphatic hydroxyl groups excluding tert-OH is 1. The Morgan fingerprint density at radius 1 is 0.237 bits per heavy atom. The van der Waals surface area contributed by atoms with E-state index in [-0.39, 0.29) is 25.4 Å². The molecular formula is C55H82O21. The molecule has 428 valence electrons. The van der Waals surface area contributed by atoms with E-state index in [1.54, 1.807) is 0 Å². The molecule has 0 atom stereocenters. The van der Waals surface area contributed by atoms with Crippen molar-refractivity contribution in [2.45, 2.75) is 6.42 Å². The van der Waals surface area contributed by atoms with Gasteiger partial charge in [-0.2, -0.15) is 0 Å². The summed E-state index contributed by atoms with van der Waals surface area (Å²) in [4.78, 5) is 11.7. The number of carbonyl (C=O) groups is 1. The standard InChI is InChI=1S/C55H82O21/c1-2-3-4-5-6-7-8-9-10-11-12-13-14-55(57)15-17-58-19-21-60-23-25-62-27-29-64-31-33-66-35-37-68-39-41-70-43-45-72-47-49-74-51-53-76-54-52-75-50-48-73-46-44-71-42-40-69-38-36-67-34-32-65-30-28-63-26-24-61-22-20-59-18-16-56/h1,56H,15-54H2. The lowest BCUT2D eigenvalue weighted by Gasteiger charge is -2.09. The van der Waals surface area contributed by atoms with Crippen molar-refractivity contribution in [3.8, 4) is 83.4 Å². The van der Waals surface area contributed by atoms with Gasteiger partial charge in [-0.1, -0.05) is 0 Å². The molecule has 0 aliphatic rings. The highest BCUT2D eigenvalue weighted by atomic mass is 16.6. The molecule has 0 aliphatic carbocycles. The van der Waals surface area contributed by atoms with Gasteiger partial charge in [0.25, 0.3) is 0 Å². The summed E-state index contributed by atoms with van der Waals surface area (Å²) in [6.07, 6.45) is 5.11. The number of hydrogen-bond acceptors (Lipinski definition) is 21. The average molecular weight is 1080 g/mol. The molecular weight excluding hydrogens is 997 g/mol. The van der Waals surface area contributed by atoms with Crippen LogP contribution in [0.15, 0.2) is 0 Å². The molecule has 0 aliphatic heterocycles. The molecule has 0 saturated carbocycles. The third-order valence-electron chi connectivity index (χ3n) is 8.30. The Morgan fingerprint density at radius 3 is 0.579 bits per heavy atom. The minimum absolute atomic E-state index is 0.0159. The van der Waals surface area contributed by atoms with Gasteiger partial charge in [0.15, 0.2) is 0 Å². The smallest absolute Gasteiger partial charge is 0.208 e. The Balaban J connectivity index is 3.19. The van der Waals surface area contributed by atoms with Crippen LogP contribution in [0.25, 0.3) is 0 Å². The fourth-order valence-corrected chi connectivity index (χ4v) is 4.77. The predicted octanol–water partition coefficient (Wildman–Crippen LogP) is -0.0931. The van der Waals surface area contributed by atoms with Gasteiger partial charge in [0.2, 0.25) is 5.78 Å². The van der Waals surface area contributed by atoms with Crippen LogP contribution in [0, 0.1) is 83.4 Å². The molecule has 0 aromatic carbocycles. The topological polar surface area (TPSA) is 213 Å². The van der Waals surface area contributed by atoms with Crippen molar-refractivity contribution in [1.82, 2.24) is 0 Å². The first-order valence-electron chi connectivity index (χ1n) is 25.4. The zero-order chi connectivity index (χ0) is 54.5. The normalized spacial score (nSPS) is 10.3. The molecule has 76 heavy (non-hydrogen) atoms. The molecule has 21 nitrogen and oxygen atoms in total. The van der Waals surface area contributed by atoms with Gasteiger partial charge >= 0.3 is 0 Å². The first kappa shape index (κ1) is 71.8. The second-order valence-electron chi connectivity index (χ2n) is 14.2. The maximum absolute atomic E-state index is 11.7. The lowest BCUT2D eigenvalue weighted by atomic mass is 10.3. The van der Waals surface area contributed by atoms with Gasteiger partial charge in [-0.25, -0.2) is 0 Å². The van der Waals surface area contributed by atoms with Crippen molar-refractivity contribution in [3.05, 3.63) is 0 Å². The second kappa shape index (κ2) is 68.8. The van der Waals surface area contributed by atoms with E-state index in [0.717, 1.165) is 0 Å². The van der Waals surface area contributed by atoms with Crippen LogP contribution in [0.3, 0.4) is 0 Å². The summed E-state index contributed by atoms with van der Waals surface area (Å²) >= 11 is 0.